The van der Waals surface area contributed by atoms with Gasteiger partial charge in [-0.1, -0.05) is 76.9 Å². The third-order valence-corrected chi connectivity index (χ3v) is 14.0. The average Bonchev–Trinajstić information content (AvgIpc) is 4.13. The molecule has 3 aliphatic heterocycles. The second-order valence-electron chi connectivity index (χ2n) is 18.3. The monoisotopic (exact) mass is 831 g/mol. The third kappa shape index (κ3) is 8.08. The number of benzene rings is 2. The number of hydrogen-bond donors (Lipinski definition) is 3. The van der Waals surface area contributed by atoms with E-state index in [2.05, 4.69) is 58.2 Å². The predicted molar refractivity (Wildman–Crippen MR) is 235 cm³/mol. The Bertz CT molecular complexity index is 2220. The number of aromatic amines is 1. The van der Waals surface area contributed by atoms with Crippen LogP contribution in [0, 0.1) is 11.8 Å². The van der Waals surface area contributed by atoms with Crippen LogP contribution in [-0.2, 0) is 30.9 Å². The third-order valence-electron chi connectivity index (χ3n) is 14.0. The number of ether oxygens (including phenoxy) is 2. The number of amides is 4. The first kappa shape index (κ1) is 42.2. The van der Waals surface area contributed by atoms with Crippen LogP contribution in [0.15, 0.2) is 53.8 Å². The van der Waals surface area contributed by atoms with Crippen molar-refractivity contribution in [3.63, 3.8) is 0 Å². The molecule has 61 heavy (non-hydrogen) atoms. The molecule has 4 heterocycles. The summed E-state index contributed by atoms with van der Waals surface area (Å²) in [5.74, 6) is 0.359. The minimum Gasteiger partial charge on any atom is -0.453 e. The molecule has 4 amide bonds. The van der Waals surface area contributed by atoms with E-state index < -0.39 is 24.3 Å². The Kier molecular flexibility index (Phi) is 12.1. The largest absolute Gasteiger partial charge is 0.453 e. The number of likely N-dealkylation sites (tertiary alicyclic amines) is 2. The minimum atomic E-state index is -0.684. The zero-order chi connectivity index (χ0) is 43.0. The van der Waals surface area contributed by atoms with E-state index in [9.17, 15) is 19.2 Å². The van der Waals surface area contributed by atoms with Gasteiger partial charge in [0.05, 0.1) is 38.2 Å². The summed E-state index contributed by atoms with van der Waals surface area (Å²) >= 11 is 0. The maximum Gasteiger partial charge on any atom is 0.407 e. The highest BCUT2D eigenvalue weighted by Gasteiger charge is 2.45. The quantitative estimate of drug-likeness (QED) is 0.176. The predicted octanol–water partition coefficient (Wildman–Crippen LogP) is 8.10. The molecular formula is C48H61N7O6. The van der Waals surface area contributed by atoms with Crippen LogP contribution < -0.4 is 10.6 Å². The standard InChI is InChI=1S/C48H61N7O6/c1-28(2)41(52-46(58)60-5)44(56)54-23-9-11-38(54)36-25-32(26-49-36)34-18-17-33(35-19-22-48(40(34)35)20-7-8-21-48)30-13-15-31(16-14-30)37-27-50-43(51-37)39-12-10-24-55(39)45(57)42(29(3)4)53-47(59)61-6/h13-18,26-29,38-39,41-42H,7-12,19-25H2,1-6H3,(H,50,51)(H,52,58)(H,53,59)/t38-,39-,41-,42-/m0/s1. The number of fused-ring (bicyclic) bond motifs is 2. The fourth-order valence-electron chi connectivity index (χ4n) is 10.8. The molecule has 1 saturated carbocycles. The van der Waals surface area contributed by atoms with E-state index in [1.807, 2.05) is 43.7 Å². The number of H-pyrrole nitrogens is 1. The summed E-state index contributed by atoms with van der Waals surface area (Å²) in [6, 6.07) is 11.7. The number of nitrogens with zero attached hydrogens (tertiary/aromatic N) is 4. The number of nitrogens with one attached hydrogen (secondary N) is 3. The van der Waals surface area contributed by atoms with Gasteiger partial charge in [0.1, 0.15) is 17.9 Å². The second-order valence-corrected chi connectivity index (χ2v) is 18.3. The molecule has 0 unspecified atom stereocenters. The number of imidazole rings is 1. The maximum atomic E-state index is 13.9. The van der Waals surface area contributed by atoms with Crippen molar-refractivity contribution in [1.82, 2.24) is 30.4 Å². The SMILES string of the molecule is COC(=O)N[C@H](C(=O)N1CCC[C@H]1C1=NC=C(c2ccc(-c3ccc(-c4cnc([C@@H]5CCCN5C(=O)[C@@H](NC(=O)OC)C(C)C)[nH]4)cc3)c3c2C2(CCCC2)CC3)C1)C(C)C. The summed E-state index contributed by atoms with van der Waals surface area (Å²) in [4.78, 5) is 68.8. The zero-order valence-electron chi connectivity index (χ0n) is 36.5. The van der Waals surface area contributed by atoms with Crippen LogP contribution in [0.3, 0.4) is 0 Å². The molecule has 13 heteroatoms. The number of carbonyl (C=O) groups excluding carboxylic acids is 4. The number of aliphatic imine (C=N–C) groups is 1. The van der Waals surface area contributed by atoms with Crippen LogP contribution in [0.25, 0.3) is 28.0 Å². The first-order chi connectivity index (χ1) is 29.4. The molecule has 2 aliphatic carbocycles. The highest BCUT2D eigenvalue weighted by Crippen LogP contribution is 2.55. The van der Waals surface area contributed by atoms with Crippen molar-refractivity contribution in [3.8, 4) is 22.4 Å². The summed E-state index contributed by atoms with van der Waals surface area (Å²) < 4.78 is 9.63. The summed E-state index contributed by atoms with van der Waals surface area (Å²) in [5, 5.41) is 5.49. The number of alkyl carbamates (subject to hydrolysis) is 2. The lowest BCUT2D eigenvalue weighted by Crippen LogP contribution is -2.53. The number of allylic oxidation sites excluding steroid dienone is 1. The van der Waals surface area contributed by atoms with Crippen molar-refractivity contribution >= 4 is 35.3 Å². The molecule has 324 valence electrons. The molecule has 1 aromatic heterocycles. The Hall–Kier alpha value is -5.46. The van der Waals surface area contributed by atoms with Gasteiger partial charge in [-0.25, -0.2) is 14.6 Å². The molecule has 3 aromatic rings. The highest BCUT2D eigenvalue weighted by molar-refractivity contribution is 6.04. The van der Waals surface area contributed by atoms with E-state index in [1.165, 1.54) is 73.3 Å². The Morgan fingerprint density at radius 1 is 0.754 bits per heavy atom. The van der Waals surface area contributed by atoms with E-state index >= 15 is 0 Å². The summed E-state index contributed by atoms with van der Waals surface area (Å²) in [6.07, 6.45) is 13.9. The highest BCUT2D eigenvalue weighted by atomic mass is 16.5. The normalized spacial score (nSPS) is 21.4. The zero-order valence-corrected chi connectivity index (χ0v) is 36.5. The molecule has 0 radical (unpaired) electrons. The van der Waals surface area contributed by atoms with E-state index in [1.54, 1.807) is 0 Å². The summed E-state index contributed by atoms with van der Waals surface area (Å²) in [6.45, 7) is 8.97. The number of methoxy groups -OCH3 is 2. The first-order valence-electron chi connectivity index (χ1n) is 22.3. The van der Waals surface area contributed by atoms with Crippen LogP contribution in [0.5, 0.6) is 0 Å². The van der Waals surface area contributed by atoms with Gasteiger partial charge < -0.3 is 34.9 Å². The molecular weight excluding hydrogens is 771 g/mol. The first-order valence-corrected chi connectivity index (χ1v) is 22.3. The number of aromatic nitrogens is 2. The Morgan fingerprint density at radius 2 is 1.33 bits per heavy atom. The van der Waals surface area contributed by atoms with E-state index in [0.717, 1.165) is 61.3 Å². The molecule has 0 bridgehead atoms. The van der Waals surface area contributed by atoms with Gasteiger partial charge >= 0.3 is 12.2 Å². The lowest BCUT2D eigenvalue weighted by atomic mass is 9.75. The number of carbonyl (C=O) groups is 4. The van der Waals surface area contributed by atoms with Crippen LogP contribution in [-0.4, -0.2) is 94.9 Å². The summed E-state index contributed by atoms with van der Waals surface area (Å²) in [7, 11) is 2.62. The van der Waals surface area contributed by atoms with Crippen LogP contribution in [0.2, 0.25) is 0 Å². The molecule has 2 aromatic carbocycles. The van der Waals surface area contributed by atoms with Crippen molar-refractivity contribution in [1.29, 1.82) is 0 Å². The van der Waals surface area contributed by atoms with Gasteiger partial charge in [0.15, 0.2) is 0 Å². The molecule has 3 N–H and O–H groups in total. The van der Waals surface area contributed by atoms with Crippen molar-refractivity contribution < 1.29 is 28.7 Å². The van der Waals surface area contributed by atoms with Gasteiger partial charge in [0.25, 0.3) is 0 Å². The fourth-order valence-corrected chi connectivity index (χ4v) is 10.8. The van der Waals surface area contributed by atoms with Gasteiger partial charge in [-0.05, 0) is 108 Å². The number of hydrogen-bond acceptors (Lipinski definition) is 8. The molecule has 1 spiro atoms. The molecule has 13 nitrogen and oxygen atoms in total. The van der Waals surface area contributed by atoms with E-state index in [4.69, 9.17) is 19.5 Å². The van der Waals surface area contributed by atoms with E-state index in [-0.39, 0.29) is 41.1 Å². The van der Waals surface area contributed by atoms with Gasteiger partial charge in [0.2, 0.25) is 11.8 Å². The smallest absolute Gasteiger partial charge is 0.407 e. The molecule has 2 saturated heterocycles. The second kappa shape index (κ2) is 17.5. The van der Waals surface area contributed by atoms with Gasteiger partial charge in [-0.15, -0.1) is 0 Å². The molecule has 4 atom stereocenters. The maximum absolute atomic E-state index is 13.9. The molecule has 8 rings (SSSR count). The number of rotatable bonds is 11. The Morgan fingerprint density at radius 3 is 1.93 bits per heavy atom. The molecule has 3 fully saturated rings. The van der Waals surface area contributed by atoms with Crippen LogP contribution >= 0.6 is 0 Å². The Balaban J connectivity index is 1.01. The van der Waals surface area contributed by atoms with Crippen molar-refractivity contribution in [3.05, 3.63) is 71.3 Å². The average molecular weight is 832 g/mol. The summed E-state index contributed by atoms with van der Waals surface area (Å²) in [5.41, 5.74) is 11.1. The topological polar surface area (TPSA) is 158 Å². The van der Waals surface area contributed by atoms with Crippen LogP contribution in [0.4, 0.5) is 9.59 Å². The van der Waals surface area contributed by atoms with Gasteiger partial charge in [-0.2, -0.15) is 0 Å². The van der Waals surface area contributed by atoms with Crippen molar-refractivity contribution in [2.24, 2.45) is 16.8 Å². The van der Waals surface area contributed by atoms with Gasteiger partial charge in [-0.3, -0.25) is 14.6 Å². The lowest BCUT2D eigenvalue weighted by molar-refractivity contribution is -0.135. The minimum absolute atomic E-state index is 0.0771. The van der Waals surface area contributed by atoms with Crippen molar-refractivity contribution in [2.45, 2.75) is 128 Å². The fraction of sp³-hybridized carbons (Fsp3) is 0.542. The Labute approximate surface area is 359 Å². The molecule has 5 aliphatic rings. The van der Waals surface area contributed by atoms with Crippen LogP contribution in [0.1, 0.15) is 120 Å². The van der Waals surface area contributed by atoms with Crippen molar-refractivity contribution in [2.75, 3.05) is 27.3 Å². The van der Waals surface area contributed by atoms with E-state index in [0.29, 0.717) is 19.5 Å². The lowest BCUT2D eigenvalue weighted by Gasteiger charge is -2.31. The van der Waals surface area contributed by atoms with Gasteiger partial charge in [0, 0.05) is 31.4 Å².